The molecule has 0 saturated heterocycles. The van der Waals surface area contributed by atoms with Gasteiger partial charge in [-0.3, -0.25) is 0 Å². The number of nitrogens with zero attached hydrogens (tertiary/aromatic N) is 2. The van der Waals surface area contributed by atoms with Crippen LogP contribution in [0.15, 0.2) is 28.6 Å². The summed E-state index contributed by atoms with van der Waals surface area (Å²) in [5.41, 5.74) is 0. The molecule has 0 aromatic carbocycles. The van der Waals surface area contributed by atoms with Crippen LogP contribution in [0.5, 0.6) is 0 Å². The minimum Gasteiger partial charge on any atom is -0.371 e. The molecule has 0 amide bonds. The summed E-state index contributed by atoms with van der Waals surface area (Å²) in [5, 5.41) is 3.12. The second kappa shape index (κ2) is 4.48. The second-order valence-electron chi connectivity index (χ2n) is 2.85. The largest absolute Gasteiger partial charge is 0.371 e. The standard InChI is InChI=1S/C9H8F2N4S/c1-12-7-5(10)4-6(11)8(15-7)16-9-13-2-3-14-9/h2-4H,1H3,(H,12,15)(H,13,14). The number of halogens is 2. The summed E-state index contributed by atoms with van der Waals surface area (Å²) in [6, 6.07) is 0.796. The van der Waals surface area contributed by atoms with Crippen molar-refractivity contribution >= 4 is 17.6 Å². The second-order valence-corrected chi connectivity index (χ2v) is 3.83. The highest BCUT2D eigenvalue weighted by Crippen LogP contribution is 2.27. The Morgan fingerprint density at radius 1 is 1.38 bits per heavy atom. The molecule has 0 radical (unpaired) electrons. The van der Waals surface area contributed by atoms with Gasteiger partial charge in [-0.25, -0.2) is 18.7 Å². The van der Waals surface area contributed by atoms with Gasteiger partial charge in [0.2, 0.25) is 0 Å². The van der Waals surface area contributed by atoms with Crippen LogP contribution in [0.2, 0.25) is 0 Å². The van der Waals surface area contributed by atoms with Gasteiger partial charge >= 0.3 is 0 Å². The van der Waals surface area contributed by atoms with Gasteiger partial charge in [-0.2, -0.15) is 0 Å². The fraction of sp³-hybridized carbons (Fsp3) is 0.111. The van der Waals surface area contributed by atoms with E-state index in [4.69, 9.17) is 0 Å². The van der Waals surface area contributed by atoms with Crippen molar-refractivity contribution in [3.63, 3.8) is 0 Å². The van der Waals surface area contributed by atoms with Crippen LogP contribution < -0.4 is 5.32 Å². The number of nitrogens with one attached hydrogen (secondary N) is 2. The Morgan fingerprint density at radius 3 is 2.81 bits per heavy atom. The van der Waals surface area contributed by atoms with E-state index in [1.165, 1.54) is 7.05 Å². The van der Waals surface area contributed by atoms with E-state index >= 15 is 0 Å². The SMILES string of the molecule is CNc1nc(Sc2ncc[nH]2)c(F)cc1F. The molecule has 0 spiro atoms. The molecule has 4 nitrogen and oxygen atoms in total. The zero-order valence-corrected chi connectivity index (χ0v) is 9.11. The third-order valence-electron chi connectivity index (χ3n) is 1.80. The number of H-pyrrole nitrogens is 1. The molecule has 2 N–H and O–H groups in total. The lowest BCUT2D eigenvalue weighted by Crippen LogP contribution is -1.99. The Balaban J connectivity index is 2.33. The first-order valence-corrected chi connectivity index (χ1v) is 5.23. The van der Waals surface area contributed by atoms with Crippen LogP contribution in [0.3, 0.4) is 0 Å². The summed E-state index contributed by atoms with van der Waals surface area (Å²) in [4.78, 5) is 10.5. The van der Waals surface area contributed by atoms with Crippen molar-refractivity contribution in [3.05, 3.63) is 30.1 Å². The molecule has 0 fully saturated rings. The number of aromatic amines is 1. The third-order valence-corrected chi connectivity index (χ3v) is 2.70. The Kier molecular flexibility index (Phi) is 3.04. The highest BCUT2D eigenvalue weighted by atomic mass is 32.2. The maximum Gasteiger partial charge on any atom is 0.171 e. The zero-order chi connectivity index (χ0) is 11.5. The van der Waals surface area contributed by atoms with Gasteiger partial charge in [0.05, 0.1) is 0 Å². The quantitative estimate of drug-likeness (QED) is 0.867. The number of hydrogen-bond acceptors (Lipinski definition) is 4. The van der Waals surface area contributed by atoms with Gasteiger partial charge in [0, 0.05) is 25.5 Å². The molecule has 0 aliphatic heterocycles. The molecule has 0 atom stereocenters. The summed E-state index contributed by atoms with van der Waals surface area (Å²) < 4.78 is 26.5. The van der Waals surface area contributed by atoms with Crippen LogP contribution in [-0.2, 0) is 0 Å². The predicted molar refractivity (Wildman–Crippen MR) is 56.4 cm³/mol. The lowest BCUT2D eigenvalue weighted by molar-refractivity contribution is 0.551. The Labute approximate surface area is 94.5 Å². The van der Waals surface area contributed by atoms with Gasteiger partial charge in [-0.05, 0) is 11.8 Å². The Morgan fingerprint density at radius 2 is 2.19 bits per heavy atom. The first kappa shape index (κ1) is 10.9. The highest BCUT2D eigenvalue weighted by Gasteiger charge is 2.12. The average Bonchev–Trinajstić information content (AvgIpc) is 2.75. The average molecular weight is 242 g/mol. The van der Waals surface area contributed by atoms with Crippen molar-refractivity contribution in [2.75, 3.05) is 12.4 Å². The summed E-state index contributed by atoms with van der Waals surface area (Å²) in [6.07, 6.45) is 3.16. The maximum absolute atomic E-state index is 13.4. The number of rotatable bonds is 3. The monoisotopic (exact) mass is 242 g/mol. The molecule has 0 unspecified atom stereocenters. The van der Waals surface area contributed by atoms with Crippen molar-refractivity contribution in [2.24, 2.45) is 0 Å². The number of imidazole rings is 1. The fourth-order valence-electron chi connectivity index (χ4n) is 1.09. The lowest BCUT2D eigenvalue weighted by atomic mass is 10.4. The molecular formula is C9H8F2N4S. The first-order chi connectivity index (χ1) is 7.70. The van der Waals surface area contributed by atoms with E-state index < -0.39 is 11.6 Å². The van der Waals surface area contributed by atoms with Crippen LogP contribution in [0.1, 0.15) is 0 Å². The van der Waals surface area contributed by atoms with Crippen LogP contribution in [0.4, 0.5) is 14.6 Å². The lowest BCUT2D eigenvalue weighted by Gasteiger charge is -2.04. The summed E-state index contributed by atoms with van der Waals surface area (Å²) >= 11 is 1.000. The van der Waals surface area contributed by atoms with E-state index in [0.717, 1.165) is 17.8 Å². The molecule has 0 saturated carbocycles. The predicted octanol–water partition coefficient (Wildman–Crippen LogP) is 2.28. The normalized spacial score (nSPS) is 10.4. The zero-order valence-electron chi connectivity index (χ0n) is 8.29. The van der Waals surface area contributed by atoms with E-state index in [1.54, 1.807) is 12.4 Å². The van der Waals surface area contributed by atoms with E-state index in [0.29, 0.717) is 5.16 Å². The number of pyridine rings is 1. The molecule has 0 aliphatic carbocycles. The molecular weight excluding hydrogens is 234 g/mol. The molecule has 0 aliphatic rings. The molecule has 2 rings (SSSR count). The van der Waals surface area contributed by atoms with Crippen LogP contribution in [0.25, 0.3) is 0 Å². The molecule has 2 heterocycles. The van der Waals surface area contributed by atoms with Crippen LogP contribution in [-0.4, -0.2) is 22.0 Å². The Bertz CT molecular complexity index is 487. The number of aromatic nitrogens is 3. The molecule has 0 bridgehead atoms. The van der Waals surface area contributed by atoms with Gasteiger partial charge < -0.3 is 10.3 Å². The van der Waals surface area contributed by atoms with Gasteiger partial charge in [-0.15, -0.1) is 0 Å². The van der Waals surface area contributed by atoms with Crippen molar-refractivity contribution in [2.45, 2.75) is 10.2 Å². The minimum absolute atomic E-state index is 0.00968. The summed E-state index contributed by atoms with van der Waals surface area (Å²) in [7, 11) is 1.52. The fourth-order valence-corrected chi connectivity index (χ4v) is 1.81. The summed E-state index contributed by atoms with van der Waals surface area (Å²) in [5.74, 6) is -1.42. The van der Waals surface area contributed by atoms with Crippen LogP contribution >= 0.6 is 11.8 Å². The molecule has 16 heavy (non-hydrogen) atoms. The van der Waals surface area contributed by atoms with Crippen molar-refractivity contribution < 1.29 is 8.78 Å². The van der Waals surface area contributed by atoms with E-state index in [2.05, 4.69) is 20.3 Å². The minimum atomic E-state index is -0.719. The smallest absolute Gasteiger partial charge is 0.171 e. The van der Waals surface area contributed by atoms with Gasteiger partial charge in [0.1, 0.15) is 5.03 Å². The summed E-state index contributed by atoms with van der Waals surface area (Å²) in [6.45, 7) is 0. The molecule has 84 valence electrons. The van der Waals surface area contributed by atoms with Gasteiger partial charge in [0.25, 0.3) is 0 Å². The topological polar surface area (TPSA) is 53.6 Å². The molecule has 2 aromatic heterocycles. The van der Waals surface area contributed by atoms with Gasteiger partial charge in [0.15, 0.2) is 22.6 Å². The van der Waals surface area contributed by atoms with Gasteiger partial charge in [-0.1, -0.05) is 0 Å². The van der Waals surface area contributed by atoms with Crippen molar-refractivity contribution in [3.8, 4) is 0 Å². The third kappa shape index (κ3) is 2.13. The van der Waals surface area contributed by atoms with E-state index in [1.807, 2.05) is 0 Å². The highest BCUT2D eigenvalue weighted by molar-refractivity contribution is 7.99. The van der Waals surface area contributed by atoms with Crippen molar-refractivity contribution in [1.29, 1.82) is 0 Å². The first-order valence-electron chi connectivity index (χ1n) is 4.41. The van der Waals surface area contributed by atoms with E-state index in [-0.39, 0.29) is 10.8 Å². The van der Waals surface area contributed by atoms with Crippen LogP contribution in [0, 0.1) is 11.6 Å². The Hall–Kier alpha value is -1.63. The molecule has 7 heteroatoms. The van der Waals surface area contributed by atoms with E-state index in [9.17, 15) is 8.78 Å². The van der Waals surface area contributed by atoms with Crippen molar-refractivity contribution in [1.82, 2.24) is 15.0 Å². The molecule has 2 aromatic rings. The maximum atomic E-state index is 13.4. The number of hydrogen-bond donors (Lipinski definition) is 2. The number of anilines is 1.